The van der Waals surface area contributed by atoms with E-state index in [9.17, 15) is 14.4 Å². The molecule has 1 aromatic rings. The summed E-state index contributed by atoms with van der Waals surface area (Å²) in [6, 6.07) is 11.2. The minimum Gasteiger partial charge on any atom is -0.465 e. The number of thioether (sulfide) groups is 1. The first-order chi connectivity index (χ1) is 31.2. The monoisotopic (exact) mass is 933 g/mol. The Morgan fingerprint density at radius 3 is 2.36 bits per heavy atom. The highest BCUT2D eigenvalue weighted by Crippen LogP contribution is 2.52. The summed E-state index contributed by atoms with van der Waals surface area (Å²) >= 11 is 1.61. The highest BCUT2D eigenvalue weighted by molar-refractivity contribution is 8.04. The van der Waals surface area contributed by atoms with Crippen molar-refractivity contribution in [2.75, 3.05) is 47.0 Å². The van der Waals surface area contributed by atoms with Gasteiger partial charge in [0.2, 0.25) is 0 Å². The van der Waals surface area contributed by atoms with Gasteiger partial charge in [-0.25, -0.2) is 10.3 Å². The summed E-state index contributed by atoms with van der Waals surface area (Å²) in [5.74, 6) is 6.68. The van der Waals surface area contributed by atoms with Gasteiger partial charge >= 0.3 is 5.97 Å². The first-order valence-corrected chi connectivity index (χ1v) is 25.5. The van der Waals surface area contributed by atoms with E-state index >= 15 is 0 Å². The van der Waals surface area contributed by atoms with E-state index < -0.39 is 14.3 Å². The number of allylic oxidation sites excluding steroid dienone is 7. The first-order valence-electron chi connectivity index (χ1n) is 23.2. The molecule has 3 fully saturated rings. The van der Waals surface area contributed by atoms with E-state index in [2.05, 4.69) is 88.1 Å². The maximum absolute atomic E-state index is 12.2. The Labute approximate surface area is 390 Å². The fourth-order valence-electron chi connectivity index (χ4n) is 8.02. The number of hydrogen-bond donors (Lipinski definition) is 5. The molecular formula is C49H82FN6O6PS. The molecule has 3 aliphatic carbocycles. The third-order valence-electron chi connectivity index (χ3n) is 11.5. The number of halogens is 1. The van der Waals surface area contributed by atoms with E-state index in [0.717, 1.165) is 55.7 Å². The molecule has 64 heavy (non-hydrogen) atoms. The molecule has 8 N–H and O–H groups in total. The van der Waals surface area contributed by atoms with Crippen LogP contribution in [0.4, 0.5) is 4.53 Å². The average Bonchev–Trinajstić information content (AvgIpc) is 3.64. The van der Waals surface area contributed by atoms with Gasteiger partial charge in [-0.15, -0.1) is 11.8 Å². The van der Waals surface area contributed by atoms with Crippen LogP contribution in [0.3, 0.4) is 0 Å². The maximum Gasteiger partial charge on any atom is 0.323 e. The van der Waals surface area contributed by atoms with Crippen molar-refractivity contribution in [2.45, 2.75) is 140 Å². The third-order valence-corrected chi connectivity index (χ3v) is 14.6. The summed E-state index contributed by atoms with van der Waals surface area (Å²) in [5, 5.41) is 11.2. The number of unbranched alkanes of at least 4 members (excludes halogenated alkanes) is 3. The van der Waals surface area contributed by atoms with Gasteiger partial charge in [0.15, 0.2) is 6.29 Å². The summed E-state index contributed by atoms with van der Waals surface area (Å²) in [4.78, 5) is 36.6. The number of nitrogens with one attached hydrogen (secondary N) is 1. The molecule has 3 aliphatic heterocycles. The molecule has 7 unspecified atom stereocenters. The highest BCUT2D eigenvalue weighted by Gasteiger charge is 2.53. The van der Waals surface area contributed by atoms with Crippen molar-refractivity contribution < 1.29 is 33.5 Å². The molecule has 0 radical (unpaired) electrons. The molecule has 0 aromatic heterocycles. The highest BCUT2D eigenvalue weighted by atomic mass is 32.2. The number of hydrogen-bond acceptors (Lipinski definition) is 13. The maximum atomic E-state index is 12.2. The minimum atomic E-state index is -1.08. The molecule has 7 rings (SSSR count). The van der Waals surface area contributed by atoms with Gasteiger partial charge in [0.1, 0.15) is 20.6 Å². The zero-order valence-electron chi connectivity index (χ0n) is 39.8. The summed E-state index contributed by atoms with van der Waals surface area (Å²) in [5.41, 5.74) is 12.0. The largest absolute Gasteiger partial charge is 0.465 e. The molecule has 1 aromatic carbocycles. The van der Waals surface area contributed by atoms with E-state index in [1.165, 1.54) is 83.1 Å². The molecule has 12 nitrogen and oxygen atoms in total. The van der Waals surface area contributed by atoms with Gasteiger partial charge < -0.3 is 30.4 Å². The Balaban J connectivity index is 0.000000488. The lowest BCUT2D eigenvalue weighted by molar-refractivity contribution is -0.145. The lowest BCUT2D eigenvalue weighted by Crippen LogP contribution is -2.37. The molecule has 2 saturated heterocycles. The van der Waals surface area contributed by atoms with Crippen LogP contribution in [0.5, 0.6) is 0 Å². The van der Waals surface area contributed by atoms with Crippen molar-refractivity contribution in [3.05, 3.63) is 95.0 Å². The summed E-state index contributed by atoms with van der Waals surface area (Å²) in [6.07, 6.45) is 33.2. The quantitative estimate of drug-likeness (QED) is 0.0329. The standard InChI is InChI=1S/C22H28NO4PS.C12H16N2.C11H21NO.C2H6.2CH5N.FHO/c1-3-11-26-22(25)16(2)23-28(27-19-7-5-4-6-8-19)15-17-9-10-21-18(12-17)13-20(14-24)29-21;13-14-9-11(8-12(14)6-7-12)10-4-2-1-3-5-10;1-12-9-6-8-11(12)7-4-2-3-5-10-13;4*1-2/h4-7,9-10,12-14,16,18-19,21,23H,3,8,11,15H2,1-2H3;1-5,11H,6-9,13H2;10-11H,2-9H2,1H3;1-2H3;2*2H2,1H3;2H. The number of nitrogens with two attached hydrogens (primary N) is 3. The van der Waals surface area contributed by atoms with Crippen LogP contribution in [0, 0.1) is 5.92 Å². The van der Waals surface area contributed by atoms with E-state index in [4.69, 9.17) is 24.9 Å². The van der Waals surface area contributed by atoms with Gasteiger partial charge in [-0.3, -0.25) is 20.5 Å². The number of carbonyl (C=O) groups excluding carboxylic acids is 3. The van der Waals surface area contributed by atoms with Gasteiger partial charge in [0.05, 0.1) is 12.7 Å². The summed E-state index contributed by atoms with van der Waals surface area (Å²) < 4.78 is 20.1. The zero-order valence-corrected chi connectivity index (χ0v) is 41.5. The predicted molar refractivity (Wildman–Crippen MR) is 266 cm³/mol. The van der Waals surface area contributed by atoms with Crippen LogP contribution in [0.2, 0.25) is 0 Å². The van der Waals surface area contributed by atoms with Crippen molar-refractivity contribution >= 4 is 38.6 Å². The van der Waals surface area contributed by atoms with Crippen LogP contribution in [0.1, 0.15) is 116 Å². The summed E-state index contributed by atoms with van der Waals surface area (Å²) in [7, 11) is 4.15. The van der Waals surface area contributed by atoms with Crippen LogP contribution in [0.15, 0.2) is 89.4 Å². The second kappa shape index (κ2) is 35.3. The predicted octanol–water partition coefficient (Wildman–Crippen LogP) is 8.59. The van der Waals surface area contributed by atoms with E-state index in [1.54, 1.807) is 11.8 Å². The van der Waals surface area contributed by atoms with Crippen LogP contribution in [0.25, 0.3) is 0 Å². The van der Waals surface area contributed by atoms with Gasteiger partial charge in [0, 0.05) is 46.8 Å². The molecule has 0 amide bonds. The number of ether oxygens (including phenoxy) is 1. The van der Waals surface area contributed by atoms with Crippen molar-refractivity contribution in [1.82, 2.24) is 15.0 Å². The summed E-state index contributed by atoms with van der Waals surface area (Å²) in [6.45, 7) is 10.5. The molecule has 0 bridgehead atoms. The molecule has 362 valence electrons. The second-order valence-electron chi connectivity index (χ2n) is 16.0. The van der Waals surface area contributed by atoms with Crippen molar-refractivity contribution in [1.29, 1.82) is 0 Å². The van der Waals surface area contributed by atoms with Crippen LogP contribution in [-0.2, 0) is 23.6 Å². The molecule has 1 spiro atoms. The second-order valence-corrected chi connectivity index (χ2v) is 18.8. The molecule has 3 heterocycles. The number of esters is 1. The fourth-order valence-corrected chi connectivity index (χ4v) is 10.9. The number of likely N-dealkylation sites (tertiary alicyclic amines) is 1. The van der Waals surface area contributed by atoms with E-state index in [0.29, 0.717) is 29.5 Å². The third kappa shape index (κ3) is 21.2. The molecule has 6 aliphatic rings. The van der Waals surface area contributed by atoms with E-state index in [1.807, 2.05) is 52.0 Å². The SMILES string of the molecule is CC.CCCOC(=O)C(C)NP(CC1=CC2C=C(C=O)SC2C=C1)OC1C=CC=CC1.CN.CN.CN1CCCC1CCCCCC=O.NN1CC(c2ccccc2)CC12CC2.OF. The van der Waals surface area contributed by atoms with Crippen molar-refractivity contribution in [2.24, 2.45) is 23.2 Å². The fraction of sp³-hybridized carbons (Fsp3) is 0.612. The zero-order chi connectivity index (χ0) is 47.8. The lowest BCUT2D eigenvalue weighted by atomic mass is 9.96. The number of fused-ring (bicyclic) bond motifs is 1. The number of aldehydes is 2. The van der Waals surface area contributed by atoms with Crippen molar-refractivity contribution in [3.8, 4) is 0 Å². The van der Waals surface area contributed by atoms with Gasteiger partial charge in [-0.05, 0) is 109 Å². The Kier molecular flexibility index (Phi) is 32.6. The minimum absolute atomic E-state index is 0.00184. The number of benzene rings is 1. The Morgan fingerprint density at radius 2 is 1.78 bits per heavy atom. The van der Waals surface area contributed by atoms with Gasteiger partial charge in [0.25, 0.3) is 0 Å². The number of nitrogens with zero attached hydrogens (tertiary/aromatic N) is 2. The Morgan fingerprint density at radius 1 is 1.06 bits per heavy atom. The van der Waals surface area contributed by atoms with Gasteiger partial charge in [-0.1, -0.05) is 117 Å². The van der Waals surface area contributed by atoms with E-state index in [-0.39, 0.29) is 18.0 Å². The smallest absolute Gasteiger partial charge is 0.323 e. The normalized spacial score (nSPS) is 23.9. The lowest BCUT2D eigenvalue weighted by Gasteiger charge is -2.27. The molecular weight excluding hydrogens is 851 g/mol. The van der Waals surface area contributed by atoms with Crippen LogP contribution >= 0.6 is 20.1 Å². The number of carbonyl (C=O) groups is 3. The molecule has 1 saturated carbocycles. The number of rotatable bonds is 17. The topological polar surface area (TPSA) is 186 Å². The van der Waals surface area contributed by atoms with Gasteiger partial charge in [-0.2, -0.15) is 0 Å². The molecule has 7 atom stereocenters. The Bertz CT molecular complexity index is 1580. The van der Waals surface area contributed by atoms with Crippen LogP contribution in [-0.4, -0.2) is 110 Å². The number of hydrazine groups is 1. The Hall–Kier alpha value is -2.88. The van der Waals surface area contributed by atoms with Crippen molar-refractivity contribution in [3.63, 3.8) is 0 Å². The van der Waals surface area contributed by atoms with Crippen LogP contribution < -0.4 is 22.4 Å². The average molecular weight is 933 g/mol. The first kappa shape index (κ1) is 59.1. The molecule has 15 heteroatoms.